The minimum atomic E-state index is -0.588. The number of hydrogen-bond donors (Lipinski definition) is 1. The van der Waals surface area contributed by atoms with Gasteiger partial charge in [0.2, 0.25) is 0 Å². The van der Waals surface area contributed by atoms with Crippen molar-refractivity contribution in [3.05, 3.63) is 65.2 Å². The normalized spacial score (nSPS) is 17.5. The van der Waals surface area contributed by atoms with Crippen LogP contribution in [0.4, 0.5) is 5.69 Å². The quantitative estimate of drug-likeness (QED) is 0.264. The molecule has 204 valence electrons. The van der Waals surface area contributed by atoms with Gasteiger partial charge in [0.05, 0.1) is 13.2 Å². The Labute approximate surface area is 227 Å². The molecule has 1 saturated heterocycles. The fourth-order valence-electron chi connectivity index (χ4n) is 5.61. The average molecular weight is 519 g/mol. The van der Waals surface area contributed by atoms with Crippen molar-refractivity contribution >= 4 is 23.6 Å². The van der Waals surface area contributed by atoms with Gasteiger partial charge in [0.25, 0.3) is 0 Å². The van der Waals surface area contributed by atoms with Crippen LogP contribution in [0.5, 0.6) is 5.75 Å². The smallest absolute Gasteiger partial charge is 0.341 e. The maximum atomic E-state index is 12.5. The fraction of sp³-hybridized carbons (Fsp3) is 0.500. The van der Waals surface area contributed by atoms with Crippen molar-refractivity contribution in [1.82, 2.24) is 5.32 Å². The number of carbonyl (C=O) groups is 2. The minimum absolute atomic E-state index is 0.288. The molecule has 1 heterocycles. The Morgan fingerprint density at radius 3 is 2.42 bits per heavy atom. The second-order valence-corrected chi connectivity index (χ2v) is 10.2. The van der Waals surface area contributed by atoms with Gasteiger partial charge in [-0.2, -0.15) is 0 Å². The van der Waals surface area contributed by atoms with Gasteiger partial charge in [-0.25, -0.2) is 4.79 Å². The Bertz CT molecular complexity index is 1100. The SMILES string of the molecule is CCOC(=O)c1ccc(C(C=O)NC(=CC2CCCCC2)c2ccccc2N2CCCCC2)cc1OCC. The van der Waals surface area contributed by atoms with Crippen LogP contribution < -0.4 is 15.0 Å². The molecule has 1 N–H and O–H groups in total. The molecule has 1 unspecified atom stereocenters. The number of piperidine rings is 1. The zero-order valence-corrected chi connectivity index (χ0v) is 22.9. The number of aldehydes is 1. The van der Waals surface area contributed by atoms with Gasteiger partial charge in [0.15, 0.2) is 0 Å². The van der Waals surface area contributed by atoms with E-state index in [1.54, 1.807) is 19.1 Å². The number of para-hydroxylation sites is 1. The van der Waals surface area contributed by atoms with Gasteiger partial charge in [-0.3, -0.25) is 0 Å². The maximum Gasteiger partial charge on any atom is 0.341 e. The molecule has 1 atom stereocenters. The Kier molecular flexibility index (Phi) is 10.2. The number of allylic oxidation sites excluding steroid dienone is 1. The average Bonchev–Trinajstić information content (AvgIpc) is 2.96. The third-order valence-corrected chi connectivity index (χ3v) is 7.55. The van der Waals surface area contributed by atoms with E-state index in [2.05, 4.69) is 40.6 Å². The minimum Gasteiger partial charge on any atom is -0.493 e. The summed E-state index contributed by atoms with van der Waals surface area (Å²) in [5, 5.41) is 3.60. The summed E-state index contributed by atoms with van der Waals surface area (Å²) in [6.07, 6.45) is 13.1. The van der Waals surface area contributed by atoms with Gasteiger partial charge in [-0.15, -0.1) is 0 Å². The largest absolute Gasteiger partial charge is 0.493 e. The molecular formula is C32H42N2O4. The van der Waals surface area contributed by atoms with E-state index in [1.165, 1.54) is 57.1 Å². The third-order valence-electron chi connectivity index (χ3n) is 7.55. The lowest BCUT2D eigenvalue weighted by molar-refractivity contribution is -0.109. The number of anilines is 1. The zero-order chi connectivity index (χ0) is 26.7. The van der Waals surface area contributed by atoms with Crippen LogP contribution in [0.1, 0.15) is 92.7 Å². The molecule has 6 nitrogen and oxygen atoms in total. The molecule has 1 aliphatic heterocycles. The molecule has 0 bridgehead atoms. The predicted octanol–water partition coefficient (Wildman–Crippen LogP) is 6.70. The second-order valence-electron chi connectivity index (χ2n) is 10.2. The zero-order valence-electron chi connectivity index (χ0n) is 22.9. The first-order chi connectivity index (χ1) is 18.6. The van der Waals surface area contributed by atoms with Crippen molar-refractivity contribution in [2.75, 3.05) is 31.2 Å². The number of nitrogens with zero attached hydrogens (tertiary/aromatic N) is 1. The van der Waals surface area contributed by atoms with E-state index in [0.29, 0.717) is 23.8 Å². The summed E-state index contributed by atoms with van der Waals surface area (Å²) in [4.78, 5) is 27.4. The molecular weight excluding hydrogens is 476 g/mol. The lowest BCUT2D eigenvalue weighted by Crippen LogP contribution is -2.31. The van der Waals surface area contributed by atoms with Crippen LogP contribution in [-0.2, 0) is 9.53 Å². The van der Waals surface area contributed by atoms with Crippen LogP contribution in [0.25, 0.3) is 5.70 Å². The molecule has 4 rings (SSSR count). The molecule has 0 amide bonds. The van der Waals surface area contributed by atoms with Crippen LogP contribution in [0, 0.1) is 5.92 Å². The summed E-state index contributed by atoms with van der Waals surface area (Å²) in [6, 6.07) is 13.3. The molecule has 0 spiro atoms. The summed E-state index contributed by atoms with van der Waals surface area (Å²) in [7, 11) is 0. The molecule has 38 heavy (non-hydrogen) atoms. The molecule has 2 aliphatic rings. The first-order valence-corrected chi connectivity index (χ1v) is 14.4. The van der Waals surface area contributed by atoms with E-state index in [-0.39, 0.29) is 6.61 Å². The van der Waals surface area contributed by atoms with Crippen LogP contribution in [0.15, 0.2) is 48.5 Å². The topological polar surface area (TPSA) is 67.9 Å². The van der Waals surface area contributed by atoms with E-state index < -0.39 is 12.0 Å². The lowest BCUT2D eigenvalue weighted by Gasteiger charge is -2.32. The van der Waals surface area contributed by atoms with Crippen LogP contribution >= 0.6 is 0 Å². The van der Waals surface area contributed by atoms with Crippen molar-refractivity contribution in [3.8, 4) is 5.75 Å². The molecule has 2 aromatic rings. The second kappa shape index (κ2) is 14.0. The molecule has 0 radical (unpaired) electrons. The van der Waals surface area contributed by atoms with Crippen molar-refractivity contribution in [3.63, 3.8) is 0 Å². The van der Waals surface area contributed by atoms with Crippen molar-refractivity contribution in [1.29, 1.82) is 0 Å². The Hall–Kier alpha value is -3.28. The monoisotopic (exact) mass is 518 g/mol. The van der Waals surface area contributed by atoms with Gasteiger partial charge in [0.1, 0.15) is 23.6 Å². The van der Waals surface area contributed by atoms with E-state index >= 15 is 0 Å². The molecule has 2 fully saturated rings. The van der Waals surface area contributed by atoms with E-state index in [1.807, 2.05) is 13.0 Å². The van der Waals surface area contributed by atoms with Gasteiger partial charge in [-0.1, -0.05) is 49.6 Å². The standard InChI is InChI=1S/C32H42N2O4/c1-3-37-31-22-25(17-18-27(31)32(36)38-4-2)29(23-35)33-28(21-24-13-7-5-8-14-24)26-15-9-10-16-30(26)34-19-11-6-12-20-34/h9-10,15-18,21-24,29,33H,3-8,11-14,19-20H2,1-2H3. The maximum absolute atomic E-state index is 12.5. The third kappa shape index (κ3) is 6.97. The Balaban J connectivity index is 1.69. The molecule has 6 heteroatoms. The summed E-state index contributed by atoms with van der Waals surface area (Å²) in [6.45, 7) is 6.46. The highest BCUT2D eigenvalue weighted by Crippen LogP contribution is 2.34. The first-order valence-electron chi connectivity index (χ1n) is 14.4. The number of nitrogens with one attached hydrogen (secondary N) is 1. The van der Waals surface area contributed by atoms with Crippen LogP contribution in [-0.4, -0.2) is 38.6 Å². The van der Waals surface area contributed by atoms with Crippen molar-refractivity contribution < 1.29 is 19.1 Å². The van der Waals surface area contributed by atoms with Crippen LogP contribution in [0.3, 0.4) is 0 Å². The number of carbonyl (C=O) groups excluding carboxylic acids is 2. The van der Waals surface area contributed by atoms with Crippen molar-refractivity contribution in [2.24, 2.45) is 5.92 Å². The highest BCUT2D eigenvalue weighted by Gasteiger charge is 2.23. The highest BCUT2D eigenvalue weighted by atomic mass is 16.5. The van der Waals surface area contributed by atoms with Gasteiger partial charge in [0, 0.05) is 30.0 Å². The Morgan fingerprint density at radius 1 is 0.974 bits per heavy atom. The highest BCUT2D eigenvalue weighted by molar-refractivity contribution is 5.93. The molecule has 2 aromatic carbocycles. The van der Waals surface area contributed by atoms with E-state index in [9.17, 15) is 9.59 Å². The Morgan fingerprint density at radius 2 is 1.71 bits per heavy atom. The molecule has 1 aliphatic carbocycles. The van der Waals surface area contributed by atoms with Gasteiger partial charge >= 0.3 is 5.97 Å². The van der Waals surface area contributed by atoms with E-state index in [4.69, 9.17) is 9.47 Å². The van der Waals surface area contributed by atoms with Crippen molar-refractivity contribution in [2.45, 2.75) is 71.3 Å². The molecule has 1 saturated carbocycles. The number of benzene rings is 2. The fourth-order valence-corrected chi connectivity index (χ4v) is 5.61. The molecule has 0 aromatic heterocycles. The van der Waals surface area contributed by atoms with E-state index in [0.717, 1.165) is 36.2 Å². The van der Waals surface area contributed by atoms with Crippen LogP contribution in [0.2, 0.25) is 0 Å². The number of esters is 1. The summed E-state index contributed by atoms with van der Waals surface area (Å²) in [5.41, 5.74) is 4.48. The van der Waals surface area contributed by atoms with Gasteiger partial charge in [-0.05, 0) is 75.6 Å². The summed E-state index contributed by atoms with van der Waals surface area (Å²) in [5.74, 6) is 0.494. The first kappa shape index (κ1) is 27.7. The van der Waals surface area contributed by atoms with Gasteiger partial charge < -0.3 is 24.5 Å². The number of rotatable bonds is 11. The number of ether oxygens (including phenoxy) is 2. The summed E-state index contributed by atoms with van der Waals surface area (Å²) >= 11 is 0. The predicted molar refractivity (Wildman–Crippen MR) is 153 cm³/mol. The number of hydrogen-bond acceptors (Lipinski definition) is 6. The summed E-state index contributed by atoms with van der Waals surface area (Å²) < 4.78 is 11.0. The lowest BCUT2D eigenvalue weighted by atomic mass is 9.87.